The summed E-state index contributed by atoms with van der Waals surface area (Å²) in [6, 6.07) is 11.2. The van der Waals surface area contributed by atoms with Gasteiger partial charge in [-0.1, -0.05) is 23.7 Å². The van der Waals surface area contributed by atoms with Crippen molar-refractivity contribution < 1.29 is 0 Å². The Bertz CT molecular complexity index is 552. The van der Waals surface area contributed by atoms with Crippen LogP contribution in [0.1, 0.15) is 5.56 Å². The number of hydrogen-bond acceptors (Lipinski definition) is 3. The van der Waals surface area contributed by atoms with Crippen LogP contribution in [-0.2, 0) is 0 Å². The van der Waals surface area contributed by atoms with Gasteiger partial charge in [-0.15, -0.1) is 0 Å². The first-order valence-corrected chi connectivity index (χ1v) is 5.63. The van der Waals surface area contributed by atoms with Gasteiger partial charge in [-0.3, -0.25) is 0 Å². The second-order valence-electron chi connectivity index (χ2n) is 3.91. The molecule has 0 fully saturated rings. The molecule has 0 saturated carbocycles. The van der Waals surface area contributed by atoms with Gasteiger partial charge in [0.15, 0.2) is 0 Å². The highest BCUT2D eigenvalue weighted by atomic mass is 35.5. The van der Waals surface area contributed by atoms with E-state index >= 15 is 0 Å². The summed E-state index contributed by atoms with van der Waals surface area (Å²) in [7, 11) is 0. The average molecular weight is 248 g/mol. The van der Waals surface area contributed by atoms with Crippen LogP contribution < -0.4 is 16.8 Å². The Balaban J connectivity index is 2.31. The molecule has 0 aliphatic heterocycles. The highest BCUT2D eigenvalue weighted by Gasteiger charge is 2.03. The number of anilines is 4. The van der Waals surface area contributed by atoms with Crippen LogP contribution in [0.5, 0.6) is 0 Å². The number of nitrogen functional groups attached to an aromatic ring is 2. The fourth-order valence-electron chi connectivity index (χ4n) is 1.55. The van der Waals surface area contributed by atoms with Crippen LogP contribution in [0.3, 0.4) is 0 Å². The molecule has 3 nitrogen and oxygen atoms in total. The van der Waals surface area contributed by atoms with E-state index in [1.54, 1.807) is 12.1 Å². The molecule has 0 atom stereocenters. The van der Waals surface area contributed by atoms with E-state index in [2.05, 4.69) is 5.32 Å². The molecule has 0 heterocycles. The summed E-state index contributed by atoms with van der Waals surface area (Å²) in [6.07, 6.45) is 0. The van der Waals surface area contributed by atoms with E-state index < -0.39 is 0 Å². The van der Waals surface area contributed by atoms with Crippen molar-refractivity contribution >= 4 is 34.4 Å². The smallest absolute Gasteiger partial charge is 0.0670 e. The highest BCUT2D eigenvalue weighted by molar-refractivity contribution is 6.34. The molecule has 4 heteroatoms. The normalized spacial score (nSPS) is 10.2. The van der Waals surface area contributed by atoms with Crippen molar-refractivity contribution in [2.45, 2.75) is 6.92 Å². The third-order valence-corrected chi connectivity index (χ3v) is 3.06. The Labute approximate surface area is 105 Å². The first-order chi connectivity index (χ1) is 8.08. The van der Waals surface area contributed by atoms with Gasteiger partial charge in [0.05, 0.1) is 22.1 Å². The predicted octanol–water partition coefficient (Wildman–Crippen LogP) is 3.56. The lowest BCUT2D eigenvalue weighted by molar-refractivity contribution is 1.45. The number of benzene rings is 2. The lowest BCUT2D eigenvalue weighted by Crippen LogP contribution is -1.97. The molecule has 0 amide bonds. The zero-order valence-electron chi connectivity index (χ0n) is 9.50. The van der Waals surface area contributed by atoms with Gasteiger partial charge in [-0.05, 0) is 36.8 Å². The van der Waals surface area contributed by atoms with Crippen molar-refractivity contribution in [3.63, 3.8) is 0 Å². The summed E-state index contributed by atoms with van der Waals surface area (Å²) in [5.41, 5.74) is 15.3. The number of nitrogens with one attached hydrogen (secondary N) is 1. The lowest BCUT2D eigenvalue weighted by Gasteiger charge is -2.11. The van der Waals surface area contributed by atoms with E-state index in [0.717, 1.165) is 16.9 Å². The van der Waals surface area contributed by atoms with Crippen LogP contribution in [0, 0.1) is 6.92 Å². The summed E-state index contributed by atoms with van der Waals surface area (Å²) < 4.78 is 0. The Morgan fingerprint density at radius 3 is 2.53 bits per heavy atom. The van der Waals surface area contributed by atoms with Crippen LogP contribution in [0.4, 0.5) is 22.7 Å². The fourth-order valence-corrected chi connectivity index (χ4v) is 1.73. The second kappa shape index (κ2) is 4.55. The zero-order chi connectivity index (χ0) is 12.4. The maximum absolute atomic E-state index is 6.20. The maximum Gasteiger partial charge on any atom is 0.0670 e. The molecule has 0 bridgehead atoms. The third kappa shape index (κ3) is 2.45. The minimum absolute atomic E-state index is 0.554. The van der Waals surface area contributed by atoms with Crippen LogP contribution in [0.2, 0.25) is 5.02 Å². The van der Waals surface area contributed by atoms with Crippen molar-refractivity contribution in [3.8, 4) is 0 Å². The number of aryl methyl sites for hydroxylation is 1. The van der Waals surface area contributed by atoms with Crippen LogP contribution in [0.15, 0.2) is 36.4 Å². The van der Waals surface area contributed by atoms with E-state index in [1.807, 2.05) is 31.2 Å². The van der Waals surface area contributed by atoms with Crippen LogP contribution in [0.25, 0.3) is 0 Å². The van der Waals surface area contributed by atoms with Crippen molar-refractivity contribution in [2.24, 2.45) is 0 Å². The molecule has 17 heavy (non-hydrogen) atoms. The SMILES string of the molecule is Cc1cccc(Nc2ccc(N)c(N)c2)c1Cl. The molecular formula is C13H14ClN3. The minimum atomic E-state index is 0.554. The third-order valence-electron chi connectivity index (χ3n) is 2.56. The molecular weight excluding hydrogens is 234 g/mol. The monoisotopic (exact) mass is 247 g/mol. The first kappa shape index (κ1) is 11.6. The van der Waals surface area contributed by atoms with Crippen LogP contribution in [-0.4, -0.2) is 0 Å². The fraction of sp³-hybridized carbons (Fsp3) is 0.0769. The number of hydrogen-bond donors (Lipinski definition) is 3. The topological polar surface area (TPSA) is 64.1 Å². The summed E-state index contributed by atoms with van der Waals surface area (Å²) in [5, 5.41) is 3.92. The van der Waals surface area contributed by atoms with Gasteiger partial charge in [-0.2, -0.15) is 0 Å². The quantitative estimate of drug-likeness (QED) is 0.711. The molecule has 2 rings (SSSR count). The molecule has 0 aliphatic rings. The second-order valence-corrected chi connectivity index (χ2v) is 4.28. The zero-order valence-corrected chi connectivity index (χ0v) is 10.3. The Hall–Kier alpha value is -1.87. The van der Waals surface area contributed by atoms with Gasteiger partial charge >= 0.3 is 0 Å². The molecule has 0 spiro atoms. The number of halogens is 1. The van der Waals surface area contributed by atoms with Gasteiger partial charge in [0.1, 0.15) is 0 Å². The van der Waals surface area contributed by atoms with Crippen LogP contribution >= 0.6 is 11.6 Å². The van der Waals surface area contributed by atoms with Gasteiger partial charge in [-0.25, -0.2) is 0 Å². The Morgan fingerprint density at radius 2 is 1.82 bits per heavy atom. The average Bonchev–Trinajstić information content (AvgIpc) is 2.30. The molecule has 0 saturated heterocycles. The molecule has 0 unspecified atom stereocenters. The van der Waals surface area contributed by atoms with E-state index in [4.69, 9.17) is 23.1 Å². The molecule has 0 aliphatic carbocycles. The molecule has 0 aromatic heterocycles. The first-order valence-electron chi connectivity index (χ1n) is 5.25. The van der Waals surface area contributed by atoms with Crippen molar-refractivity contribution in [3.05, 3.63) is 47.0 Å². The number of rotatable bonds is 2. The summed E-state index contributed by atoms with van der Waals surface area (Å²) >= 11 is 6.20. The summed E-state index contributed by atoms with van der Waals surface area (Å²) in [6.45, 7) is 1.96. The van der Waals surface area contributed by atoms with E-state index in [-0.39, 0.29) is 0 Å². The standard InChI is InChI=1S/C13H14ClN3/c1-8-3-2-4-12(13(8)14)17-9-5-6-10(15)11(16)7-9/h2-7,17H,15-16H2,1H3. The maximum atomic E-state index is 6.20. The van der Waals surface area contributed by atoms with Gasteiger partial charge in [0.2, 0.25) is 0 Å². The lowest BCUT2D eigenvalue weighted by atomic mass is 10.2. The molecule has 5 N–H and O–H groups in total. The van der Waals surface area contributed by atoms with E-state index in [1.165, 1.54) is 0 Å². The van der Waals surface area contributed by atoms with Gasteiger partial charge in [0, 0.05) is 5.69 Å². The highest BCUT2D eigenvalue weighted by Crippen LogP contribution is 2.29. The largest absolute Gasteiger partial charge is 0.397 e. The Kier molecular flexibility index (Phi) is 3.11. The van der Waals surface area contributed by atoms with Crippen molar-refractivity contribution in [1.29, 1.82) is 0 Å². The molecule has 2 aromatic carbocycles. The predicted molar refractivity (Wildman–Crippen MR) is 74.7 cm³/mol. The molecule has 2 aromatic rings. The summed E-state index contributed by atoms with van der Waals surface area (Å²) in [5.74, 6) is 0. The Morgan fingerprint density at radius 1 is 1.06 bits per heavy atom. The number of nitrogens with two attached hydrogens (primary N) is 2. The molecule has 0 radical (unpaired) electrons. The van der Waals surface area contributed by atoms with Gasteiger partial charge < -0.3 is 16.8 Å². The van der Waals surface area contributed by atoms with E-state index in [9.17, 15) is 0 Å². The van der Waals surface area contributed by atoms with Crippen molar-refractivity contribution in [2.75, 3.05) is 16.8 Å². The molecule has 88 valence electrons. The summed E-state index contributed by atoms with van der Waals surface area (Å²) in [4.78, 5) is 0. The van der Waals surface area contributed by atoms with E-state index in [0.29, 0.717) is 16.4 Å². The van der Waals surface area contributed by atoms with Crippen molar-refractivity contribution in [1.82, 2.24) is 0 Å². The van der Waals surface area contributed by atoms with Gasteiger partial charge in [0.25, 0.3) is 0 Å². The minimum Gasteiger partial charge on any atom is -0.397 e.